The van der Waals surface area contributed by atoms with E-state index in [9.17, 15) is 19.7 Å². The lowest BCUT2D eigenvalue weighted by Crippen LogP contribution is -2.23. The molecule has 34 heavy (non-hydrogen) atoms. The zero-order chi connectivity index (χ0) is 24.8. The Morgan fingerprint density at radius 1 is 1.29 bits per heavy atom. The minimum Gasteiger partial charge on any atom is -0.481 e. The van der Waals surface area contributed by atoms with Gasteiger partial charge in [0.15, 0.2) is 6.61 Å². The number of rotatable bonds is 9. The van der Waals surface area contributed by atoms with Crippen molar-refractivity contribution in [1.29, 1.82) is 0 Å². The van der Waals surface area contributed by atoms with E-state index in [1.807, 2.05) is 13.8 Å². The smallest absolute Gasteiger partial charge is 0.344 e. The Balaban J connectivity index is 2.11. The number of nitrogens with zero attached hydrogens (tertiary/aromatic N) is 4. The van der Waals surface area contributed by atoms with E-state index in [1.54, 1.807) is 25.1 Å². The molecule has 0 fully saturated rings. The second-order valence-electron chi connectivity index (χ2n) is 7.38. The fourth-order valence-corrected chi connectivity index (χ4v) is 3.48. The van der Waals surface area contributed by atoms with Crippen LogP contribution in [0.1, 0.15) is 44.5 Å². The second-order valence-corrected chi connectivity index (χ2v) is 8.29. The minimum absolute atomic E-state index is 0.0810. The number of ether oxygens (including phenoxy) is 2. The van der Waals surface area contributed by atoms with Gasteiger partial charge in [-0.1, -0.05) is 29.8 Å². The van der Waals surface area contributed by atoms with Gasteiger partial charge >= 0.3 is 5.97 Å². The van der Waals surface area contributed by atoms with Crippen LogP contribution >= 0.6 is 15.9 Å². The van der Waals surface area contributed by atoms with Gasteiger partial charge in [-0.25, -0.2) is 9.78 Å². The molecule has 1 aromatic heterocycles. The zero-order valence-corrected chi connectivity index (χ0v) is 20.4. The summed E-state index contributed by atoms with van der Waals surface area (Å²) in [6.07, 6.45) is 2.00. The van der Waals surface area contributed by atoms with Gasteiger partial charge < -0.3 is 9.47 Å². The Morgan fingerprint density at radius 2 is 2.06 bits per heavy atom. The Hall–Kier alpha value is -3.60. The van der Waals surface area contributed by atoms with Gasteiger partial charge in [-0.2, -0.15) is 9.78 Å². The maximum absolute atomic E-state index is 13.3. The van der Waals surface area contributed by atoms with Gasteiger partial charge in [-0.05, 0) is 37.6 Å². The highest BCUT2D eigenvalue weighted by Gasteiger charge is 2.17. The number of non-ortho nitro benzene ring substituents is 1. The van der Waals surface area contributed by atoms with Gasteiger partial charge in [0.2, 0.25) is 0 Å². The number of carbonyl (C=O) groups is 1. The number of nitro benzene ring substituents is 1. The van der Waals surface area contributed by atoms with E-state index in [1.165, 1.54) is 29.1 Å². The fraction of sp³-hybridized carbons (Fsp3) is 0.304. The number of benzene rings is 2. The molecule has 1 atom stereocenters. The van der Waals surface area contributed by atoms with Crippen LogP contribution in [0.2, 0.25) is 0 Å². The van der Waals surface area contributed by atoms with Gasteiger partial charge in [0.1, 0.15) is 11.6 Å². The van der Waals surface area contributed by atoms with Crippen LogP contribution in [0.5, 0.6) is 5.75 Å². The van der Waals surface area contributed by atoms with Gasteiger partial charge in [0.05, 0.1) is 28.6 Å². The first kappa shape index (κ1) is 25.0. The third kappa shape index (κ3) is 5.66. The van der Waals surface area contributed by atoms with E-state index < -0.39 is 10.9 Å². The molecular formula is C23H23BrN4O6. The third-order valence-corrected chi connectivity index (χ3v) is 5.55. The summed E-state index contributed by atoms with van der Waals surface area (Å²) in [5.74, 6) is -0.0269. The SMILES string of the molecule is CCOC(=O)COc1ccc([N+](=O)[O-])cc1C=Nn1c([C@H](C)CC)nc2ccc(Br)cc2c1=O. The molecule has 1 heterocycles. The number of halogens is 1. The minimum atomic E-state index is -0.580. The van der Waals surface area contributed by atoms with E-state index in [4.69, 9.17) is 9.47 Å². The fourth-order valence-electron chi connectivity index (χ4n) is 3.12. The Kier molecular flexibility index (Phi) is 8.11. The first-order chi connectivity index (χ1) is 16.2. The predicted octanol–water partition coefficient (Wildman–Crippen LogP) is 4.40. The molecule has 3 aromatic rings. The van der Waals surface area contributed by atoms with Crippen molar-refractivity contribution < 1.29 is 19.2 Å². The lowest BCUT2D eigenvalue weighted by atomic mass is 10.1. The highest BCUT2D eigenvalue weighted by Crippen LogP contribution is 2.24. The molecule has 0 aliphatic rings. The summed E-state index contributed by atoms with van der Waals surface area (Å²) >= 11 is 3.37. The van der Waals surface area contributed by atoms with Crippen molar-refractivity contribution in [2.24, 2.45) is 5.10 Å². The van der Waals surface area contributed by atoms with Crippen molar-refractivity contribution in [3.63, 3.8) is 0 Å². The number of hydrogen-bond donors (Lipinski definition) is 0. The molecule has 0 spiro atoms. The van der Waals surface area contributed by atoms with E-state index in [0.29, 0.717) is 23.1 Å². The number of aromatic nitrogens is 2. The van der Waals surface area contributed by atoms with Crippen LogP contribution in [-0.4, -0.2) is 40.0 Å². The lowest BCUT2D eigenvalue weighted by molar-refractivity contribution is -0.384. The van der Waals surface area contributed by atoms with Crippen molar-refractivity contribution in [2.75, 3.05) is 13.2 Å². The number of esters is 1. The van der Waals surface area contributed by atoms with Gasteiger partial charge in [-0.3, -0.25) is 14.9 Å². The molecule has 0 N–H and O–H groups in total. The van der Waals surface area contributed by atoms with Crippen molar-refractivity contribution in [3.8, 4) is 5.75 Å². The van der Waals surface area contributed by atoms with Crippen LogP contribution in [-0.2, 0) is 9.53 Å². The first-order valence-electron chi connectivity index (χ1n) is 10.6. The van der Waals surface area contributed by atoms with Crippen LogP contribution in [0.4, 0.5) is 5.69 Å². The number of carbonyl (C=O) groups excluding carboxylic acids is 1. The molecule has 0 saturated heterocycles. The van der Waals surface area contributed by atoms with E-state index >= 15 is 0 Å². The summed E-state index contributed by atoms with van der Waals surface area (Å²) in [5, 5.41) is 16.0. The molecule has 3 rings (SSSR count). The molecule has 0 saturated carbocycles. The molecule has 10 nitrogen and oxygen atoms in total. The largest absolute Gasteiger partial charge is 0.481 e. The maximum Gasteiger partial charge on any atom is 0.344 e. The van der Waals surface area contributed by atoms with E-state index in [-0.39, 0.29) is 41.7 Å². The summed E-state index contributed by atoms with van der Waals surface area (Å²) in [6, 6.07) is 9.10. The molecule has 11 heteroatoms. The monoisotopic (exact) mass is 530 g/mol. The highest BCUT2D eigenvalue weighted by molar-refractivity contribution is 9.10. The van der Waals surface area contributed by atoms with Gasteiger partial charge in [0.25, 0.3) is 11.2 Å². The maximum atomic E-state index is 13.3. The molecular weight excluding hydrogens is 508 g/mol. The lowest BCUT2D eigenvalue weighted by Gasteiger charge is -2.14. The van der Waals surface area contributed by atoms with E-state index in [0.717, 1.165) is 4.47 Å². The second kappa shape index (κ2) is 11.0. The molecule has 0 bridgehead atoms. The average Bonchev–Trinajstić information content (AvgIpc) is 2.82. The normalized spacial score (nSPS) is 12.1. The molecule has 0 aliphatic carbocycles. The Labute approximate surface area is 203 Å². The topological polar surface area (TPSA) is 126 Å². The number of hydrogen-bond acceptors (Lipinski definition) is 8. The van der Waals surface area contributed by atoms with Crippen molar-refractivity contribution in [2.45, 2.75) is 33.1 Å². The summed E-state index contributed by atoms with van der Waals surface area (Å²) in [7, 11) is 0. The van der Waals surface area contributed by atoms with Crippen LogP contribution < -0.4 is 10.3 Å². The van der Waals surface area contributed by atoms with Crippen LogP contribution in [0, 0.1) is 10.1 Å². The van der Waals surface area contributed by atoms with Crippen LogP contribution in [0.25, 0.3) is 10.9 Å². The quantitative estimate of drug-likeness (QED) is 0.173. The first-order valence-corrected chi connectivity index (χ1v) is 11.4. The molecule has 0 unspecified atom stereocenters. The summed E-state index contributed by atoms with van der Waals surface area (Å²) < 4.78 is 12.3. The summed E-state index contributed by atoms with van der Waals surface area (Å²) in [5.41, 5.74) is 0.191. The molecule has 0 aliphatic heterocycles. The van der Waals surface area contributed by atoms with Gasteiger partial charge in [-0.15, -0.1) is 0 Å². The molecule has 2 aromatic carbocycles. The van der Waals surface area contributed by atoms with Crippen molar-refractivity contribution >= 4 is 44.7 Å². The summed E-state index contributed by atoms with van der Waals surface area (Å²) in [4.78, 5) is 40.3. The van der Waals surface area contributed by atoms with Gasteiger partial charge in [0, 0.05) is 28.1 Å². The highest BCUT2D eigenvalue weighted by atomic mass is 79.9. The summed E-state index contributed by atoms with van der Waals surface area (Å²) in [6.45, 7) is 5.39. The number of fused-ring (bicyclic) bond motifs is 1. The number of nitro groups is 1. The van der Waals surface area contributed by atoms with Crippen molar-refractivity contribution in [3.05, 3.63) is 72.7 Å². The predicted molar refractivity (Wildman–Crippen MR) is 131 cm³/mol. The molecule has 0 amide bonds. The van der Waals surface area contributed by atoms with E-state index in [2.05, 4.69) is 26.0 Å². The van der Waals surface area contributed by atoms with Crippen LogP contribution in [0.15, 0.2) is 50.8 Å². The van der Waals surface area contributed by atoms with Crippen molar-refractivity contribution in [1.82, 2.24) is 9.66 Å². The molecule has 178 valence electrons. The Morgan fingerprint density at radius 3 is 2.74 bits per heavy atom. The third-order valence-electron chi connectivity index (χ3n) is 5.05. The average molecular weight is 531 g/mol. The Bertz CT molecular complexity index is 1320. The standard InChI is InChI=1S/C23H23BrN4O6/c1-4-14(3)22-26-19-8-6-16(24)11-18(19)23(30)27(22)25-12-15-10-17(28(31)32)7-9-20(15)34-13-21(29)33-5-2/h6-12,14H,4-5,13H2,1-3H3/t14-/m1/s1. The van der Waals surface area contributed by atoms with Crippen LogP contribution in [0.3, 0.4) is 0 Å². The molecule has 0 radical (unpaired) electrons. The zero-order valence-electron chi connectivity index (χ0n) is 18.9.